The summed E-state index contributed by atoms with van der Waals surface area (Å²) in [6.07, 6.45) is 0. The van der Waals surface area contributed by atoms with Gasteiger partial charge in [0.1, 0.15) is 11.5 Å². The maximum Gasteiger partial charge on any atom is 0.339 e. The smallest absolute Gasteiger partial charge is 0.339 e. The Kier molecular flexibility index (Phi) is 5.99. The highest BCUT2D eigenvalue weighted by atomic mass is 35.5. The molecular weight excluding hydrogens is 443 g/mol. The van der Waals surface area contributed by atoms with Crippen molar-refractivity contribution in [2.75, 3.05) is 23.4 Å². The van der Waals surface area contributed by atoms with E-state index in [0.29, 0.717) is 32.8 Å². The first-order valence-electron chi connectivity index (χ1n) is 9.06. The normalized spacial score (nSPS) is 13.3. The van der Waals surface area contributed by atoms with Crippen molar-refractivity contribution in [3.8, 4) is 11.5 Å². The molecular formula is C22H18Cl2N2O3S. The van der Waals surface area contributed by atoms with Crippen LogP contribution < -0.4 is 18.7 Å². The fraction of sp³-hybridized carbons (Fsp3) is 0.136. The molecule has 2 amide bonds. The lowest BCUT2D eigenvalue weighted by Gasteiger charge is -2.36. The molecule has 0 atom stereocenters. The molecule has 3 aromatic rings. The molecule has 1 aliphatic heterocycles. The molecule has 0 radical (unpaired) electrons. The van der Waals surface area contributed by atoms with Crippen LogP contribution >= 0.6 is 35.1 Å². The van der Waals surface area contributed by atoms with Gasteiger partial charge in [0.25, 0.3) is 0 Å². The summed E-state index contributed by atoms with van der Waals surface area (Å²) in [4.78, 5) is 16.2. The first kappa shape index (κ1) is 20.7. The molecule has 1 heterocycles. The van der Waals surface area contributed by atoms with E-state index in [1.807, 2.05) is 24.3 Å². The van der Waals surface area contributed by atoms with Crippen LogP contribution in [0.2, 0.25) is 10.0 Å². The molecule has 0 saturated heterocycles. The van der Waals surface area contributed by atoms with Crippen LogP contribution in [0.3, 0.4) is 0 Å². The number of fused-ring (bicyclic) bond motifs is 1. The van der Waals surface area contributed by atoms with Gasteiger partial charge in [-0.05, 0) is 36.2 Å². The number of para-hydroxylation sites is 1. The van der Waals surface area contributed by atoms with Gasteiger partial charge in [-0.3, -0.25) is 4.90 Å². The molecule has 8 heteroatoms. The maximum atomic E-state index is 13.6. The van der Waals surface area contributed by atoms with E-state index in [4.69, 9.17) is 32.7 Å². The number of amides is 2. The number of hydrogen-bond donors (Lipinski definition) is 0. The predicted molar refractivity (Wildman–Crippen MR) is 122 cm³/mol. The summed E-state index contributed by atoms with van der Waals surface area (Å²) < 4.78 is 12.4. The monoisotopic (exact) mass is 460 g/mol. The average Bonchev–Trinajstić information content (AvgIpc) is 2.77. The van der Waals surface area contributed by atoms with Crippen molar-refractivity contribution in [2.24, 2.45) is 0 Å². The van der Waals surface area contributed by atoms with Crippen LogP contribution in [0.25, 0.3) is 0 Å². The van der Waals surface area contributed by atoms with Gasteiger partial charge < -0.3 is 9.47 Å². The van der Waals surface area contributed by atoms with E-state index in [-0.39, 0.29) is 12.6 Å². The highest BCUT2D eigenvalue weighted by Gasteiger charge is 2.33. The third-order valence-electron chi connectivity index (χ3n) is 4.70. The molecule has 0 unspecified atom stereocenters. The molecule has 1 aliphatic rings. The number of urea groups is 1. The van der Waals surface area contributed by atoms with Gasteiger partial charge in [-0.25, -0.2) is 9.10 Å². The average molecular weight is 461 g/mol. The van der Waals surface area contributed by atoms with Crippen LogP contribution in [-0.2, 0) is 6.54 Å². The molecule has 0 N–H and O–H groups in total. The van der Waals surface area contributed by atoms with Gasteiger partial charge in [-0.2, -0.15) is 0 Å². The summed E-state index contributed by atoms with van der Waals surface area (Å²) >= 11 is 14.1. The Balaban J connectivity index is 1.79. The molecule has 0 spiro atoms. The second-order valence-electron chi connectivity index (χ2n) is 6.49. The minimum Gasteiger partial charge on any atom is -0.497 e. The van der Waals surface area contributed by atoms with E-state index in [9.17, 15) is 4.79 Å². The molecule has 0 aromatic heterocycles. The third kappa shape index (κ3) is 3.90. The molecule has 154 valence electrons. The zero-order valence-electron chi connectivity index (χ0n) is 16.3. The first-order valence-corrected chi connectivity index (χ1v) is 10.6. The van der Waals surface area contributed by atoms with E-state index in [0.717, 1.165) is 10.6 Å². The summed E-state index contributed by atoms with van der Waals surface area (Å²) in [5, 5.41) is 1.03. The van der Waals surface area contributed by atoms with Gasteiger partial charge in [-0.15, -0.1) is 0 Å². The second-order valence-corrected chi connectivity index (χ2v) is 8.30. The van der Waals surface area contributed by atoms with Crippen molar-refractivity contribution >= 4 is 52.6 Å². The summed E-state index contributed by atoms with van der Waals surface area (Å²) in [7, 11) is 3.15. The number of methoxy groups -OCH3 is 2. The number of carbonyl (C=O) groups excluding carboxylic acids is 1. The number of benzene rings is 3. The van der Waals surface area contributed by atoms with E-state index in [1.54, 1.807) is 59.8 Å². The summed E-state index contributed by atoms with van der Waals surface area (Å²) in [5.74, 6) is 1.19. The molecule has 3 aromatic carbocycles. The van der Waals surface area contributed by atoms with E-state index in [2.05, 4.69) is 0 Å². The van der Waals surface area contributed by atoms with Crippen molar-refractivity contribution in [3.05, 3.63) is 76.3 Å². The number of anilines is 2. The highest BCUT2D eigenvalue weighted by Crippen LogP contribution is 2.44. The minimum atomic E-state index is -0.218. The lowest BCUT2D eigenvalue weighted by Crippen LogP contribution is -2.43. The van der Waals surface area contributed by atoms with Gasteiger partial charge in [0.2, 0.25) is 0 Å². The predicted octanol–water partition coefficient (Wildman–Crippen LogP) is 6.66. The number of carbonyl (C=O) groups is 1. The number of ether oxygens (including phenoxy) is 2. The zero-order chi connectivity index (χ0) is 21.3. The van der Waals surface area contributed by atoms with Gasteiger partial charge >= 0.3 is 6.03 Å². The zero-order valence-corrected chi connectivity index (χ0v) is 18.6. The van der Waals surface area contributed by atoms with Gasteiger partial charge in [-0.1, -0.05) is 41.4 Å². The number of hydrogen-bond acceptors (Lipinski definition) is 4. The Morgan fingerprint density at radius 1 is 0.900 bits per heavy atom. The molecule has 0 aliphatic carbocycles. The summed E-state index contributed by atoms with van der Waals surface area (Å²) in [6.45, 7) is 0.243. The molecule has 30 heavy (non-hydrogen) atoms. The standard InChI is InChI=1S/C22H18Cl2N2O3S/c1-28-15-10-14(11-16(12-15)29-2)26-22(27)25(20-8-3-4-9-21(20)30-26)13-17-18(23)6-5-7-19(17)24/h3-12H,13H2,1-2H3. The molecule has 0 saturated carbocycles. The number of rotatable bonds is 5. The van der Waals surface area contributed by atoms with E-state index >= 15 is 0 Å². The maximum absolute atomic E-state index is 13.6. The van der Waals surface area contributed by atoms with E-state index < -0.39 is 0 Å². The molecule has 5 nitrogen and oxygen atoms in total. The van der Waals surface area contributed by atoms with Crippen molar-refractivity contribution in [2.45, 2.75) is 11.4 Å². The summed E-state index contributed by atoms with van der Waals surface area (Å²) in [5.41, 5.74) is 2.14. The number of halogens is 2. The highest BCUT2D eigenvalue weighted by molar-refractivity contribution is 8.01. The lowest BCUT2D eigenvalue weighted by molar-refractivity contribution is 0.254. The Morgan fingerprint density at radius 3 is 2.17 bits per heavy atom. The summed E-state index contributed by atoms with van der Waals surface area (Å²) in [6, 6.07) is 18.2. The van der Waals surface area contributed by atoms with Crippen LogP contribution in [0.1, 0.15) is 5.56 Å². The van der Waals surface area contributed by atoms with Gasteiger partial charge in [0, 0.05) is 33.8 Å². The van der Waals surface area contributed by atoms with Crippen LogP contribution in [0, 0.1) is 0 Å². The van der Waals surface area contributed by atoms with Crippen molar-refractivity contribution < 1.29 is 14.3 Å². The van der Waals surface area contributed by atoms with Crippen LogP contribution in [0.5, 0.6) is 11.5 Å². The Hall–Kier alpha value is -2.54. The quantitative estimate of drug-likeness (QED) is 0.399. The fourth-order valence-electron chi connectivity index (χ4n) is 3.17. The van der Waals surface area contributed by atoms with Gasteiger partial charge in [0.15, 0.2) is 0 Å². The molecule has 0 bridgehead atoms. The van der Waals surface area contributed by atoms with Crippen LogP contribution in [-0.4, -0.2) is 20.3 Å². The first-order chi connectivity index (χ1) is 14.5. The minimum absolute atomic E-state index is 0.218. The van der Waals surface area contributed by atoms with Crippen LogP contribution in [0.4, 0.5) is 16.2 Å². The number of nitrogens with zero attached hydrogens (tertiary/aromatic N) is 2. The van der Waals surface area contributed by atoms with Crippen molar-refractivity contribution in [1.82, 2.24) is 0 Å². The van der Waals surface area contributed by atoms with Gasteiger partial charge in [0.05, 0.1) is 37.0 Å². The third-order valence-corrected chi connectivity index (χ3v) is 6.50. The van der Waals surface area contributed by atoms with Crippen molar-refractivity contribution in [3.63, 3.8) is 0 Å². The SMILES string of the molecule is COc1cc(OC)cc(N2Sc3ccccc3N(Cc3c(Cl)cccc3Cl)C2=O)c1. The fourth-order valence-corrected chi connectivity index (χ4v) is 4.69. The second kappa shape index (κ2) is 8.68. The molecule has 0 fully saturated rings. The largest absolute Gasteiger partial charge is 0.497 e. The Labute approximate surface area is 189 Å². The van der Waals surface area contributed by atoms with Crippen molar-refractivity contribution in [1.29, 1.82) is 0 Å². The van der Waals surface area contributed by atoms with Crippen LogP contribution in [0.15, 0.2) is 65.6 Å². The molecule has 4 rings (SSSR count). The Bertz CT molecular complexity index is 1070. The Morgan fingerprint density at radius 2 is 1.53 bits per heavy atom. The lowest BCUT2D eigenvalue weighted by atomic mass is 10.2. The topological polar surface area (TPSA) is 42.0 Å². The van der Waals surface area contributed by atoms with E-state index in [1.165, 1.54) is 11.9 Å².